The molecule has 0 spiro atoms. The molecule has 2 nitrogen and oxygen atoms in total. The van der Waals surface area contributed by atoms with Gasteiger partial charge in [-0.2, -0.15) is 8.78 Å². The topological polar surface area (TPSA) is 21.8 Å². The van der Waals surface area contributed by atoms with Crippen molar-refractivity contribution in [1.29, 1.82) is 0 Å². The molecule has 1 aliphatic heterocycles. The summed E-state index contributed by atoms with van der Waals surface area (Å²) >= 11 is 0. The summed E-state index contributed by atoms with van der Waals surface area (Å²) in [5.41, 5.74) is 0.697. The Morgan fingerprint density at radius 2 is 2.08 bits per heavy atom. The predicted octanol–water partition coefficient (Wildman–Crippen LogP) is 2.36. The zero-order valence-corrected chi connectivity index (χ0v) is 6.74. The van der Waals surface area contributed by atoms with E-state index >= 15 is 0 Å². The fraction of sp³-hybridized carbons (Fsp3) is 0.333. The van der Waals surface area contributed by atoms with Crippen molar-refractivity contribution in [3.63, 3.8) is 0 Å². The minimum atomic E-state index is -2.78. The molecule has 0 aliphatic carbocycles. The van der Waals surface area contributed by atoms with Crippen LogP contribution in [-0.2, 0) is 4.74 Å². The number of hydrogen-bond donors (Lipinski definition) is 0. The van der Waals surface area contributed by atoms with E-state index < -0.39 is 6.61 Å². The van der Waals surface area contributed by atoms with Crippen LogP contribution in [0.2, 0.25) is 0 Å². The molecule has 1 fully saturated rings. The molecule has 70 valence electrons. The third kappa shape index (κ3) is 1.95. The first-order valence-corrected chi connectivity index (χ1v) is 3.92. The van der Waals surface area contributed by atoms with Gasteiger partial charge in [0.15, 0.2) is 0 Å². The Bertz CT molecular complexity index is 297. The van der Waals surface area contributed by atoms with E-state index in [1.807, 2.05) is 0 Å². The molecule has 2 rings (SSSR count). The molecule has 0 saturated carbocycles. The first kappa shape index (κ1) is 8.44. The molecule has 4 heteroatoms. The average Bonchev–Trinajstić information content (AvgIpc) is 2.87. The number of ether oxygens (including phenoxy) is 2. The van der Waals surface area contributed by atoms with Crippen LogP contribution < -0.4 is 4.74 Å². The highest BCUT2D eigenvalue weighted by Gasteiger charge is 2.28. The molecular formula is C9H8F2O2. The quantitative estimate of drug-likeness (QED) is 0.676. The number of alkyl halides is 2. The summed E-state index contributed by atoms with van der Waals surface area (Å²) in [5.74, 6) is 0.208. The Kier molecular flexibility index (Phi) is 2.14. The van der Waals surface area contributed by atoms with E-state index in [-0.39, 0.29) is 11.9 Å². The maximum Gasteiger partial charge on any atom is 0.387 e. The van der Waals surface area contributed by atoms with Crippen molar-refractivity contribution in [1.82, 2.24) is 0 Å². The first-order chi connectivity index (χ1) is 6.27. The molecule has 1 atom stereocenters. The van der Waals surface area contributed by atoms with Crippen LogP contribution in [0, 0.1) is 0 Å². The smallest absolute Gasteiger partial charge is 0.387 e. The van der Waals surface area contributed by atoms with Gasteiger partial charge in [-0.05, 0) is 6.07 Å². The number of benzene rings is 1. The zero-order chi connectivity index (χ0) is 9.26. The Morgan fingerprint density at radius 1 is 1.38 bits per heavy atom. The molecule has 1 aromatic rings. The molecule has 0 amide bonds. The third-order valence-corrected chi connectivity index (χ3v) is 1.82. The number of epoxide rings is 1. The second kappa shape index (κ2) is 3.30. The fourth-order valence-electron chi connectivity index (χ4n) is 1.18. The average molecular weight is 186 g/mol. The third-order valence-electron chi connectivity index (χ3n) is 1.82. The summed E-state index contributed by atoms with van der Waals surface area (Å²) in [6.45, 7) is -2.19. The van der Waals surface area contributed by atoms with Gasteiger partial charge in [-0.1, -0.05) is 18.2 Å². The molecule has 13 heavy (non-hydrogen) atoms. The van der Waals surface area contributed by atoms with Gasteiger partial charge in [0, 0.05) is 5.56 Å². The van der Waals surface area contributed by atoms with Gasteiger partial charge < -0.3 is 9.47 Å². The maximum absolute atomic E-state index is 11.9. The van der Waals surface area contributed by atoms with E-state index in [1.54, 1.807) is 18.2 Å². The summed E-state index contributed by atoms with van der Waals surface area (Å²) in [6.07, 6.45) is -0.0602. The van der Waals surface area contributed by atoms with Gasteiger partial charge in [0.25, 0.3) is 0 Å². The van der Waals surface area contributed by atoms with Crippen molar-refractivity contribution in [2.45, 2.75) is 12.7 Å². The second-order valence-corrected chi connectivity index (χ2v) is 2.74. The van der Waals surface area contributed by atoms with Gasteiger partial charge in [-0.15, -0.1) is 0 Å². The fourth-order valence-corrected chi connectivity index (χ4v) is 1.18. The molecule has 1 saturated heterocycles. The largest absolute Gasteiger partial charge is 0.434 e. The van der Waals surface area contributed by atoms with Crippen molar-refractivity contribution in [2.75, 3.05) is 6.61 Å². The van der Waals surface area contributed by atoms with Crippen LogP contribution in [0.15, 0.2) is 24.3 Å². The van der Waals surface area contributed by atoms with Crippen molar-refractivity contribution >= 4 is 0 Å². The Labute approximate surface area is 74.1 Å². The van der Waals surface area contributed by atoms with Crippen LogP contribution in [-0.4, -0.2) is 13.2 Å². The Morgan fingerprint density at radius 3 is 2.69 bits per heavy atom. The van der Waals surface area contributed by atoms with Crippen LogP contribution in [0.25, 0.3) is 0 Å². The van der Waals surface area contributed by atoms with E-state index in [1.165, 1.54) is 6.07 Å². The maximum atomic E-state index is 11.9. The monoisotopic (exact) mass is 186 g/mol. The molecular weight excluding hydrogens is 178 g/mol. The summed E-state index contributed by atoms with van der Waals surface area (Å²) in [4.78, 5) is 0. The van der Waals surface area contributed by atoms with Crippen LogP contribution in [0.5, 0.6) is 5.75 Å². The van der Waals surface area contributed by atoms with Crippen molar-refractivity contribution in [2.24, 2.45) is 0 Å². The minimum Gasteiger partial charge on any atom is -0.434 e. The standard InChI is InChI=1S/C9H8F2O2/c10-9(11)13-7-4-2-1-3-6(7)8-5-12-8/h1-4,8-9H,5H2/t8-/m1/s1. The van der Waals surface area contributed by atoms with Crippen molar-refractivity contribution in [3.8, 4) is 5.75 Å². The van der Waals surface area contributed by atoms with Gasteiger partial charge in [-0.25, -0.2) is 0 Å². The van der Waals surface area contributed by atoms with E-state index in [0.717, 1.165) is 0 Å². The second-order valence-electron chi connectivity index (χ2n) is 2.74. The summed E-state index contributed by atoms with van der Waals surface area (Å²) in [7, 11) is 0. The van der Waals surface area contributed by atoms with Crippen LogP contribution in [0.4, 0.5) is 8.78 Å². The molecule has 0 bridgehead atoms. The lowest BCUT2D eigenvalue weighted by Crippen LogP contribution is -2.03. The van der Waals surface area contributed by atoms with Gasteiger partial charge in [0.2, 0.25) is 0 Å². The number of para-hydroxylation sites is 1. The van der Waals surface area contributed by atoms with Crippen LogP contribution in [0.3, 0.4) is 0 Å². The highest BCUT2D eigenvalue weighted by Crippen LogP contribution is 2.36. The van der Waals surface area contributed by atoms with E-state index in [9.17, 15) is 8.78 Å². The van der Waals surface area contributed by atoms with Crippen molar-refractivity contribution < 1.29 is 18.3 Å². The molecule has 0 unspecified atom stereocenters. The molecule has 0 aromatic heterocycles. The summed E-state index contributed by atoms with van der Waals surface area (Å²) in [5, 5.41) is 0. The lowest BCUT2D eigenvalue weighted by molar-refractivity contribution is -0.0506. The number of hydrogen-bond acceptors (Lipinski definition) is 2. The molecule has 0 radical (unpaired) electrons. The highest BCUT2D eigenvalue weighted by molar-refractivity contribution is 5.36. The van der Waals surface area contributed by atoms with E-state index in [2.05, 4.69) is 4.74 Å². The van der Waals surface area contributed by atoms with Gasteiger partial charge in [-0.3, -0.25) is 0 Å². The molecule has 1 aliphatic rings. The van der Waals surface area contributed by atoms with Gasteiger partial charge in [0.05, 0.1) is 6.61 Å². The molecule has 0 N–H and O–H groups in total. The van der Waals surface area contributed by atoms with E-state index in [0.29, 0.717) is 12.2 Å². The SMILES string of the molecule is FC(F)Oc1ccccc1[C@H]1CO1. The van der Waals surface area contributed by atoms with Gasteiger partial charge in [0.1, 0.15) is 11.9 Å². The molecule has 1 heterocycles. The lowest BCUT2D eigenvalue weighted by Gasteiger charge is -2.07. The lowest BCUT2D eigenvalue weighted by atomic mass is 10.1. The number of halogens is 2. The van der Waals surface area contributed by atoms with Gasteiger partial charge >= 0.3 is 6.61 Å². The van der Waals surface area contributed by atoms with Crippen LogP contribution in [0.1, 0.15) is 11.7 Å². The highest BCUT2D eigenvalue weighted by atomic mass is 19.3. The Balaban J connectivity index is 2.21. The van der Waals surface area contributed by atoms with E-state index in [4.69, 9.17) is 4.74 Å². The van der Waals surface area contributed by atoms with Crippen molar-refractivity contribution in [3.05, 3.63) is 29.8 Å². The first-order valence-electron chi connectivity index (χ1n) is 3.92. The predicted molar refractivity (Wildman–Crippen MR) is 41.8 cm³/mol. The normalized spacial score (nSPS) is 20.4. The minimum absolute atomic E-state index is 0.0602. The summed E-state index contributed by atoms with van der Waals surface area (Å²) < 4.78 is 33.2. The Hall–Kier alpha value is -1.16. The molecule has 1 aromatic carbocycles. The summed E-state index contributed by atoms with van der Waals surface area (Å²) in [6, 6.07) is 6.68. The number of rotatable bonds is 3. The zero-order valence-electron chi connectivity index (χ0n) is 6.74. The van der Waals surface area contributed by atoms with Crippen LogP contribution >= 0.6 is 0 Å².